The Balaban J connectivity index is 1.49. The van der Waals surface area contributed by atoms with Gasteiger partial charge in [-0.3, -0.25) is 14.5 Å². The Kier molecular flexibility index (Phi) is 6.91. The van der Waals surface area contributed by atoms with Gasteiger partial charge in [-0.1, -0.05) is 6.07 Å². The molecule has 0 spiro atoms. The summed E-state index contributed by atoms with van der Waals surface area (Å²) in [6.07, 6.45) is 0. The van der Waals surface area contributed by atoms with Crippen molar-refractivity contribution in [1.82, 2.24) is 15.2 Å². The van der Waals surface area contributed by atoms with Crippen molar-refractivity contribution >= 4 is 80.1 Å². The summed E-state index contributed by atoms with van der Waals surface area (Å²) in [6, 6.07) is 2.52. The highest BCUT2D eigenvalue weighted by molar-refractivity contribution is 8.02. The third-order valence-corrected chi connectivity index (χ3v) is 10.3. The first-order valence-electron chi connectivity index (χ1n) is 9.30. The summed E-state index contributed by atoms with van der Waals surface area (Å²) in [5.41, 5.74) is 1.55. The van der Waals surface area contributed by atoms with Crippen molar-refractivity contribution in [2.75, 3.05) is 11.5 Å². The molecule has 32 heavy (non-hydrogen) atoms. The Morgan fingerprint density at radius 2 is 2.16 bits per heavy atom. The number of aliphatic carboxylic acids is 1. The Bertz CT molecular complexity index is 1180. The van der Waals surface area contributed by atoms with Crippen LogP contribution in [-0.4, -0.2) is 64.8 Å². The van der Waals surface area contributed by atoms with E-state index < -0.39 is 29.2 Å². The van der Waals surface area contributed by atoms with Crippen molar-refractivity contribution in [3.63, 3.8) is 0 Å². The normalized spacial score (nSPS) is 19.9. The second kappa shape index (κ2) is 9.51. The Labute approximate surface area is 203 Å². The molecule has 2 aromatic heterocycles. The molecule has 1 saturated heterocycles. The molecule has 2 aliphatic rings. The summed E-state index contributed by atoms with van der Waals surface area (Å²) in [4.78, 5) is 43.6. The standard InChI is InChI=1S/C19H17N3O5S5/c1-8-19(31-9(2)20-8)30-7-10-6-29-17-12(16(24)22(17)13(10)18(25)26)21-15(23)14(32-27)11-4-3-5-28-11/h3-5,12,17H,6-7H2,1-2H3,(H,21,23)(H,25,26)/t12?,17-/m1/s1. The van der Waals surface area contributed by atoms with Crippen LogP contribution in [0.1, 0.15) is 15.6 Å². The van der Waals surface area contributed by atoms with E-state index in [1.165, 1.54) is 39.8 Å². The molecule has 2 N–H and O–H groups in total. The maximum absolute atomic E-state index is 12.8. The van der Waals surface area contributed by atoms with Crippen LogP contribution >= 0.6 is 46.2 Å². The van der Waals surface area contributed by atoms with E-state index in [9.17, 15) is 23.7 Å². The monoisotopic (exact) mass is 527 g/mol. The smallest absolute Gasteiger partial charge is 0.352 e. The molecular formula is C19H17N3O5S5. The molecule has 0 bridgehead atoms. The van der Waals surface area contributed by atoms with Gasteiger partial charge in [-0.05, 0) is 30.9 Å². The minimum absolute atomic E-state index is 0.00614. The first kappa shape index (κ1) is 23.2. The number of aryl methyl sites for hydroxylation is 2. The fraction of sp³-hybridized carbons (Fsp3) is 0.316. The topological polar surface area (TPSA) is 117 Å². The number of nitrogens with zero attached hydrogens (tertiary/aromatic N) is 2. The van der Waals surface area contributed by atoms with Crippen LogP contribution in [0.3, 0.4) is 0 Å². The lowest BCUT2D eigenvalue weighted by atomic mass is 10.0. The molecule has 8 nitrogen and oxygen atoms in total. The summed E-state index contributed by atoms with van der Waals surface area (Å²) >= 11 is 5.82. The number of β-lactam (4-membered cyclic amide) rings is 1. The number of thioether (sulfide) groups is 2. The van der Waals surface area contributed by atoms with Gasteiger partial charge < -0.3 is 10.4 Å². The fourth-order valence-corrected chi connectivity index (χ4v) is 8.28. The molecule has 1 unspecified atom stereocenters. The maximum Gasteiger partial charge on any atom is 0.352 e. The van der Waals surface area contributed by atoms with Crippen LogP contribution in [0.25, 0.3) is 0 Å². The number of hydrogen-bond donors (Lipinski definition) is 2. The van der Waals surface area contributed by atoms with Gasteiger partial charge in [-0.2, -0.15) is 0 Å². The van der Waals surface area contributed by atoms with Gasteiger partial charge >= 0.3 is 5.97 Å². The zero-order chi connectivity index (χ0) is 23.0. The first-order chi connectivity index (χ1) is 15.3. The van der Waals surface area contributed by atoms with Crippen LogP contribution in [0.2, 0.25) is 0 Å². The third-order valence-electron chi connectivity index (χ3n) is 4.81. The number of carbonyl (C=O) groups excluding carboxylic acids is 2. The van der Waals surface area contributed by atoms with Crippen LogP contribution in [0.4, 0.5) is 0 Å². The Hall–Kier alpha value is -1.93. The minimum Gasteiger partial charge on any atom is -0.477 e. The maximum atomic E-state index is 12.8. The van der Waals surface area contributed by atoms with Crippen molar-refractivity contribution < 1.29 is 23.7 Å². The van der Waals surface area contributed by atoms with E-state index in [0.29, 0.717) is 22.0 Å². The number of amides is 2. The minimum atomic E-state index is -1.16. The van der Waals surface area contributed by atoms with E-state index >= 15 is 0 Å². The number of fused-ring (bicyclic) bond motifs is 1. The van der Waals surface area contributed by atoms with Crippen LogP contribution in [0.15, 0.2) is 33.0 Å². The first-order valence-corrected chi connectivity index (χ1v) is 13.8. The van der Waals surface area contributed by atoms with Crippen LogP contribution < -0.4 is 5.32 Å². The predicted molar refractivity (Wildman–Crippen MR) is 129 cm³/mol. The highest BCUT2D eigenvalue weighted by atomic mass is 32.2. The summed E-state index contributed by atoms with van der Waals surface area (Å²) in [6.45, 7) is 3.84. The van der Waals surface area contributed by atoms with E-state index in [-0.39, 0.29) is 21.8 Å². The third kappa shape index (κ3) is 4.31. The lowest BCUT2D eigenvalue weighted by Gasteiger charge is -2.49. The van der Waals surface area contributed by atoms with Crippen molar-refractivity contribution in [2.45, 2.75) is 29.5 Å². The summed E-state index contributed by atoms with van der Waals surface area (Å²) < 4.78 is 12.5. The Morgan fingerprint density at radius 3 is 2.75 bits per heavy atom. The van der Waals surface area contributed by atoms with Crippen LogP contribution in [0.5, 0.6) is 0 Å². The molecule has 13 heteroatoms. The number of hydrogen-bond acceptors (Lipinski definition) is 9. The molecule has 4 rings (SSSR count). The number of rotatable bonds is 7. The van der Waals surface area contributed by atoms with Crippen molar-refractivity contribution in [3.8, 4) is 0 Å². The van der Waals surface area contributed by atoms with E-state index in [4.69, 9.17) is 0 Å². The molecule has 2 aromatic rings. The van der Waals surface area contributed by atoms with Gasteiger partial charge in [-0.15, -0.1) is 46.2 Å². The van der Waals surface area contributed by atoms with Crippen LogP contribution in [0, 0.1) is 13.8 Å². The zero-order valence-corrected chi connectivity index (χ0v) is 20.9. The molecule has 1 fully saturated rings. The summed E-state index contributed by atoms with van der Waals surface area (Å²) in [5, 5.41) is 14.6. The number of carboxylic acid groups (broad SMARTS) is 1. The zero-order valence-electron chi connectivity index (χ0n) is 16.8. The van der Waals surface area contributed by atoms with Crippen molar-refractivity contribution in [2.24, 2.45) is 0 Å². The average molecular weight is 528 g/mol. The molecule has 0 aromatic carbocycles. The SMILES string of the molecule is Cc1nc(C)c(SCC2=C(C(=O)O)N3C(=O)C(NC(=O)C(=S=O)c4cccs4)[C@H]3SC2)s1. The molecule has 0 aliphatic carbocycles. The van der Waals surface area contributed by atoms with Gasteiger partial charge in [0.05, 0.1) is 19.8 Å². The van der Waals surface area contributed by atoms with Gasteiger partial charge in [0.1, 0.15) is 33.2 Å². The second-order valence-electron chi connectivity index (χ2n) is 6.90. The van der Waals surface area contributed by atoms with Gasteiger partial charge in [0.25, 0.3) is 11.8 Å². The van der Waals surface area contributed by atoms with E-state index in [0.717, 1.165) is 14.9 Å². The van der Waals surface area contributed by atoms with E-state index in [1.54, 1.807) is 28.8 Å². The molecular weight excluding hydrogens is 511 g/mol. The molecule has 2 amide bonds. The van der Waals surface area contributed by atoms with E-state index in [1.807, 2.05) is 13.8 Å². The van der Waals surface area contributed by atoms with Crippen molar-refractivity contribution in [3.05, 3.63) is 44.4 Å². The molecule has 2 aliphatic heterocycles. The number of nitrogens with one attached hydrogen (secondary N) is 1. The van der Waals surface area contributed by atoms with Crippen molar-refractivity contribution in [1.29, 1.82) is 0 Å². The second-order valence-corrected chi connectivity index (χ2v) is 12.0. The lowest BCUT2D eigenvalue weighted by molar-refractivity contribution is -0.150. The largest absolute Gasteiger partial charge is 0.477 e. The number of carbonyl (C=O) groups is 3. The summed E-state index contributed by atoms with van der Waals surface area (Å²) in [7, 11) is 0. The number of carboxylic acids is 1. The Morgan fingerprint density at radius 1 is 1.38 bits per heavy atom. The summed E-state index contributed by atoms with van der Waals surface area (Å²) in [5.74, 6) is -1.40. The lowest BCUT2D eigenvalue weighted by Crippen LogP contribution is -2.71. The number of thiazole rings is 1. The van der Waals surface area contributed by atoms with E-state index in [2.05, 4.69) is 10.3 Å². The van der Waals surface area contributed by atoms with Gasteiger partial charge in [0.2, 0.25) is 0 Å². The quantitative estimate of drug-likeness (QED) is 0.243. The van der Waals surface area contributed by atoms with Gasteiger partial charge in [0, 0.05) is 11.5 Å². The molecule has 0 saturated carbocycles. The van der Waals surface area contributed by atoms with Crippen LogP contribution in [-0.2, 0) is 25.6 Å². The van der Waals surface area contributed by atoms with Gasteiger partial charge in [0.15, 0.2) is 0 Å². The molecule has 168 valence electrons. The fourth-order valence-electron chi connectivity index (χ4n) is 3.40. The molecule has 4 heterocycles. The predicted octanol–water partition coefficient (Wildman–Crippen LogP) is 2.09. The average Bonchev–Trinajstić information content (AvgIpc) is 3.39. The highest BCUT2D eigenvalue weighted by Gasteiger charge is 2.54. The highest BCUT2D eigenvalue weighted by Crippen LogP contribution is 2.42. The van der Waals surface area contributed by atoms with Gasteiger partial charge in [-0.25, -0.2) is 14.0 Å². The molecule has 2 atom stereocenters. The number of thiophene rings is 1. The number of aromatic nitrogens is 1. The molecule has 0 radical (unpaired) electrons.